The van der Waals surface area contributed by atoms with Gasteiger partial charge in [-0.25, -0.2) is 0 Å². The van der Waals surface area contributed by atoms with Crippen molar-refractivity contribution in [3.8, 4) is 0 Å². The Bertz CT molecular complexity index is 640. The zero-order valence-electron chi connectivity index (χ0n) is 12.7. The molecule has 0 fully saturated rings. The van der Waals surface area contributed by atoms with E-state index < -0.39 is 0 Å². The lowest BCUT2D eigenvalue weighted by atomic mass is 10.0. The second-order valence-electron chi connectivity index (χ2n) is 5.12. The zero-order valence-corrected chi connectivity index (χ0v) is 14.2. The van der Waals surface area contributed by atoms with Crippen molar-refractivity contribution in [1.29, 1.82) is 0 Å². The molecule has 1 aliphatic carbocycles. The number of aryl methyl sites for hydroxylation is 2. The molecule has 0 radical (unpaired) electrons. The molecule has 0 aliphatic heterocycles. The molecule has 0 spiro atoms. The Morgan fingerprint density at radius 2 is 2.18 bits per heavy atom. The van der Waals surface area contributed by atoms with Crippen molar-refractivity contribution in [3.05, 3.63) is 70.8 Å². The summed E-state index contributed by atoms with van der Waals surface area (Å²) in [6.45, 7) is 1.97. The monoisotopic (exact) mass is 335 g/mol. The summed E-state index contributed by atoms with van der Waals surface area (Å²) in [4.78, 5) is 3.98. The van der Waals surface area contributed by atoms with Gasteiger partial charge in [0, 0.05) is 25.4 Å². The maximum Gasteiger partial charge on any atom is 0.126 e. The van der Waals surface area contributed by atoms with Crippen molar-refractivity contribution < 1.29 is 0 Å². The molecule has 22 heavy (non-hydrogen) atoms. The highest BCUT2D eigenvalue weighted by Crippen LogP contribution is 2.19. The zero-order chi connectivity index (χ0) is 15.9. The van der Waals surface area contributed by atoms with E-state index in [-0.39, 0.29) is 5.38 Å². The van der Waals surface area contributed by atoms with Crippen molar-refractivity contribution in [2.24, 2.45) is 7.05 Å². The van der Waals surface area contributed by atoms with E-state index in [9.17, 15) is 0 Å². The van der Waals surface area contributed by atoms with Crippen LogP contribution in [0.25, 0.3) is 0 Å². The van der Waals surface area contributed by atoms with Gasteiger partial charge in [0.25, 0.3) is 0 Å². The van der Waals surface area contributed by atoms with Gasteiger partial charge in [0.1, 0.15) is 5.15 Å². The van der Waals surface area contributed by atoms with Gasteiger partial charge in [-0.1, -0.05) is 35.9 Å². The molecule has 1 aliphatic rings. The van der Waals surface area contributed by atoms with Crippen LogP contribution in [0.1, 0.15) is 17.8 Å². The van der Waals surface area contributed by atoms with Crippen LogP contribution in [0.5, 0.6) is 0 Å². The molecule has 0 saturated carbocycles. The lowest BCUT2D eigenvalue weighted by molar-refractivity contribution is 0.749. The quantitative estimate of drug-likeness (QED) is 0.756. The van der Waals surface area contributed by atoms with Gasteiger partial charge in [0.15, 0.2) is 0 Å². The minimum Gasteiger partial charge on any atom is -0.262 e. The molecule has 5 heteroatoms. The summed E-state index contributed by atoms with van der Waals surface area (Å²) in [7, 11) is 1.84. The van der Waals surface area contributed by atoms with Crippen molar-refractivity contribution in [2.75, 3.05) is 0 Å². The number of aromatic nitrogens is 3. The lowest BCUT2D eigenvalue weighted by Crippen LogP contribution is -2.00. The molecular formula is C17H19Cl2N3. The highest BCUT2D eigenvalue weighted by Gasteiger charge is 2.08. The van der Waals surface area contributed by atoms with E-state index in [1.54, 1.807) is 10.9 Å². The Balaban J connectivity index is 0.000000211. The molecule has 0 N–H and O–H groups in total. The standard InChI is InChI=1S/C11H12Cl2N2.C6H7N/c1-15-11(13)7-10(14-15)6-8-2-4-9(12)5-3-8;1-6-4-2-3-5-7-6/h2-4,7,9H,5-6H2,1H3;2-5H,1H3. The molecule has 2 aromatic rings. The van der Waals surface area contributed by atoms with E-state index in [4.69, 9.17) is 23.2 Å². The van der Waals surface area contributed by atoms with Gasteiger partial charge in [-0.05, 0) is 37.1 Å². The van der Waals surface area contributed by atoms with Crippen LogP contribution < -0.4 is 0 Å². The molecule has 0 saturated heterocycles. The fourth-order valence-electron chi connectivity index (χ4n) is 2.01. The molecule has 1 atom stereocenters. The molecular weight excluding hydrogens is 317 g/mol. The fourth-order valence-corrected chi connectivity index (χ4v) is 2.34. The first-order chi connectivity index (χ1) is 10.5. The Hall–Kier alpha value is -1.58. The van der Waals surface area contributed by atoms with Gasteiger partial charge in [-0.2, -0.15) is 5.10 Å². The van der Waals surface area contributed by atoms with Crippen LogP contribution >= 0.6 is 23.2 Å². The van der Waals surface area contributed by atoms with Crippen LogP contribution in [-0.2, 0) is 13.5 Å². The molecule has 2 aromatic heterocycles. The molecule has 3 nitrogen and oxygen atoms in total. The van der Waals surface area contributed by atoms with Crippen molar-refractivity contribution in [3.63, 3.8) is 0 Å². The van der Waals surface area contributed by atoms with Crippen molar-refractivity contribution in [1.82, 2.24) is 14.8 Å². The summed E-state index contributed by atoms with van der Waals surface area (Å²) >= 11 is 11.9. The molecule has 0 aromatic carbocycles. The molecule has 0 bridgehead atoms. The SMILES string of the molecule is Cc1ccccn1.Cn1nc(CC2=CCC(Cl)C=C2)cc1Cl. The summed E-state index contributed by atoms with van der Waals surface area (Å²) in [5.41, 5.74) is 3.32. The van der Waals surface area contributed by atoms with Crippen molar-refractivity contribution in [2.45, 2.75) is 25.1 Å². The second-order valence-corrected chi connectivity index (χ2v) is 6.07. The number of hydrogen-bond acceptors (Lipinski definition) is 2. The maximum absolute atomic E-state index is 5.94. The third-order valence-electron chi connectivity index (χ3n) is 3.20. The van der Waals surface area contributed by atoms with Gasteiger partial charge >= 0.3 is 0 Å². The maximum atomic E-state index is 5.94. The van der Waals surface area contributed by atoms with Crippen LogP contribution in [0.3, 0.4) is 0 Å². The number of halogens is 2. The number of rotatable bonds is 2. The van der Waals surface area contributed by atoms with Crippen LogP contribution in [0.4, 0.5) is 0 Å². The molecule has 1 unspecified atom stereocenters. The Morgan fingerprint density at radius 3 is 2.64 bits per heavy atom. The summed E-state index contributed by atoms with van der Waals surface area (Å²) in [5.74, 6) is 0. The molecule has 116 valence electrons. The average molecular weight is 336 g/mol. The van der Waals surface area contributed by atoms with Crippen LogP contribution in [0.15, 0.2) is 54.3 Å². The number of allylic oxidation sites excluding steroid dienone is 4. The van der Waals surface area contributed by atoms with E-state index in [1.165, 1.54) is 5.57 Å². The van der Waals surface area contributed by atoms with E-state index in [0.717, 1.165) is 24.2 Å². The largest absolute Gasteiger partial charge is 0.262 e. The first-order valence-corrected chi connectivity index (χ1v) is 7.93. The van der Waals surface area contributed by atoms with Gasteiger partial charge < -0.3 is 0 Å². The first-order valence-electron chi connectivity index (χ1n) is 7.12. The lowest BCUT2D eigenvalue weighted by Gasteiger charge is -2.08. The van der Waals surface area contributed by atoms with Gasteiger partial charge in [-0.3, -0.25) is 9.67 Å². The summed E-state index contributed by atoms with van der Waals surface area (Å²) < 4.78 is 1.67. The normalized spacial score (nSPS) is 16.7. The molecule has 0 amide bonds. The minimum atomic E-state index is 0.140. The van der Waals surface area contributed by atoms with Gasteiger partial charge in [-0.15, -0.1) is 11.6 Å². The van der Waals surface area contributed by atoms with E-state index in [2.05, 4.69) is 22.2 Å². The number of pyridine rings is 1. The predicted molar refractivity (Wildman–Crippen MR) is 92.4 cm³/mol. The highest BCUT2D eigenvalue weighted by atomic mass is 35.5. The number of nitrogens with zero attached hydrogens (tertiary/aromatic N) is 3. The second kappa shape index (κ2) is 8.16. The first kappa shape index (κ1) is 16.8. The highest BCUT2D eigenvalue weighted by molar-refractivity contribution is 6.29. The molecule has 3 rings (SSSR count). The van der Waals surface area contributed by atoms with Crippen LogP contribution in [0.2, 0.25) is 5.15 Å². The number of hydrogen-bond donors (Lipinski definition) is 0. The van der Waals surface area contributed by atoms with Crippen LogP contribution in [0, 0.1) is 6.92 Å². The minimum absolute atomic E-state index is 0.140. The van der Waals surface area contributed by atoms with Gasteiger partial charge in [0.2, 0.25) is 0 Å². The van der Waals surface area contributed by atoms with Gasteiger partial charge in [0.05, 0.1) is 11.1 Å². The third kappa shape index (κ3) is 5.32. The average Bonchev–Trinajstić information content (AvgIpc) is 2.81. The summed E-state index contributed by atoms with van der Waals surface area (Å²) in [5, 5.41) is 5.11. The van der Waals surface area contributed by atoms with E-state index >= 15 is 0 Å². The topological polar surface area (TPSA) is 30.7 Å². The number of alkyl halides is 1. The summed E-state index contributed by atoms with van der Waals surface area (Å²) in [6, 6.07) is 7.75. The Labute approximate surface area is 141 Å². The molecule has 2 heterocycles. The van der Waals surface area contributed by atoms with E-state index in [1.807, 2.05) is 44.3 Å². The Morgan fingerprint density at radius 1 is 1.36 bits per heavy atom. The van der Waals surface area contributed by atoms with Crippen LogP contribution in [-0.4, -0.2) is 20.1 Å². The predicted octanol–water partition coefficient (Wildman–Crippen LogP) is 4.50. The third-order valence-corrected chi connectivity index (χ3v) is 3.87. The van der Waals surface area contributed by atoms with E-state index in [0.29, 0.717) is 5.15 Å². The summed E-state index contributed by atoms with van der Waals surface area (Å²) in [6.07, 6.45) is 9.73. The van der Waals surface area contributed by atoms with Crippen molar-refractivity contribution >= 4 is 23.2 Å². The smallest absolute Gasteiger partial charge is 0.126 e. The Kier molecular flexibility index (Phi) is 6.22. The fraction of sp³-hybridized carbons (Fsp3) is 0.294.